The zero-order chi connectivity index (χ0) is 13.5. The lowest BCUT2D eigenvalue weighted by Crippen LogP contribution is -2.33. The lowest BCUT2D eigenvalue weighted by atomic mass is 10.1. The summed E-state index contributed by atoms with van der Waals surface area (Å²) >= 11 is 0. The summed E-state index contributed by atoms with van der Waals surface area (Å²) in [5, 5.41) is 11.5. The van der Waals surface area contributed by atoms with E-state index in [1.807, 2.05) is 31.2 Å². The number of amides is 1. The van der Waals surface area contributed by atoms with Crippen LogP contribution in [0.1, 0.15) is 19.4 Å². The van der Waals surface area contributed by atoms with Gasteiger partial charge in [-0.3, -0.25) is 4.79 Å². The van der Waals surface area contributed by atoms with Crippen LogP contribution in [0.3, 0.4) is 0 Å². The number of methoxy groups -OCH3 is 1. The van der Waals surface area contributed by atoms with Gasteiger partial charge in [0.2, 0.25) is 5.91 Å². The Hall–Kier alpha value is -1.81. The van der Waals surface area contributed by atoms with E-state index in [9.17, 15) is 4.79 Å². The predicted octanol–water partition coefficient (Wildman–Crippen LogP) is 1.60. The minimum absolute atomic E-state index is 0.0761. The molecule has 0 aliphatic rings. The van der Waals surface area contributed by atoms with Crippen molar-refractivity contribution >= 4 is 11.5 Å². The van der Waals surface area contributed by atoms with Crippen LogP contribution >= 0.6 is 0 Å². The van der Waals surface area contributed by atoms with Crippen LogP contribution in [-0.4, -0.2) is 30.8 Å². The molecule has 4 nitrogen and oxygen atoms in total. The van der Waals surface area contributed by atoms with Crippen LogP contribution in [0.2, 0.25) is 0 Å². The van der Waals surface area contributed by atoms with E-state index in [0.717, 1.165) is 16.9 Å². The van der Waals surface area contributed by atoms with Crippen molar-refractivity contribution < 1.29 is 14.6 Å². The zero-order valence-corrected chi connectivity index (χ0v) is 10.9. The summed E-state index contributed by atoms with van der Waals surface area (Å²) in [5.41, 5.74) is 1.70. The molecule has 0 saturated heterocycles. The molecule has 0 saturated carbocycles. The first-order valence-corrected chi connectivity index (χ1v) is 5.81. The highest BCUT2D eigenvalue weighted by Crippen LogP contribution is 2.24. The van der Waals surface area contributed by atoms with E-state index in [4.69, 9.17) is 9.84 Å². The fraction of sp³-hybridized carbons (Fsp3) is 0.357. The van der Waals surface area contributed by atoms with E-state index < -0.39 is 0 Å². The molecule has 2 N–H and O–H groups in total. The van der Waals surface area contributed by atoms with E-state index in [1.165, 1.54) is 6.08 Å². The summed E-state index contributed by atoms with van der Waals surface area (Å²) in [7, 11) is 1.60. The van der Waals surface area contributed by atoms with Gasteiger partial charge in [-0.15, -0.1) is 0 Å². The number of rotatable bonds is 5. The highest BCUT2D eigenvalue weighted by atomic mass is 16.5. The standard InChI is InChI=1S/C14H19NO3/c1-10(8-14(17)15-11(2)9-16)12-6-4-5-7-13(12)18-3/h4-8,11,16H,9H2,1-3H3,(H,15,17)/b10-8+. The van der Waals surface area contributed by atoms with Crippen molar-refractivity contribution in [1.82, 2.24) is 5.32 Å². The Morgan fingerprint density at radius 3 is 2.78 bits per heavy atom. The molecule has 98 valence electrons. The van der Waals surface area contributed by atoms with E-state index >= 15 is 0 Å². The first-order chi connectivity index (χ1) is 8.58. The van der Waals surface area contributed by atoms with E-state index in [1.54, 1.807) is 14.0 Å². The molecule has 0 spiro atoms. The molecule has 0 aromatic heterocycles. The minimum Gasteiger partial charge on any atom is -0.496 e. The molecule has 1 aromatic carbocycles. The van der Waals surface area contributed by atoms with Gasteiger partial charge in [0.1, 0.15) is 5.75 Å². The Balaban J connectivity index is 2.85. The normalized spacial score (nSPS) is 13.0. The molecule has 1 amide bonds. The Kier molecular flexibility index (Phi) is 5.39. The second-order valence-corrected chi connectivity index (χ2v) is 4.12. The van der Waals surface area contributed by atoms with E-state index in [2.05, 4.69) is 5.32 Å². The van der Waals surface area contributed by atoms with Gasteiger partial charge in [-0.1, -0.05) is 18.2 Å². The quantitative estimate of drug-likeness (QED) is 0.779. The van der Waals surface area contributed by atoms with Gasteiger partial charge in [0.15, 0.2) is 0 Å². The van der Waals surface area contributed by atoms with Gasteiger partial charge in [-0.2, -0.15) is 0 Å². The molecule has 18 heavy (non-hydrogen) atoms. The number of para-hydroxylation sites is 1. The number of hydrogen-bond donors (Lipinski definition) is 2. The fourth-order valence-electron chi connectivity index (χ4n) is 1.57. The number of carbonyl (C=O) groups excluding carboxylic acids is 1. The average molecular weight is 249 g/mol. The molecule has 4 heteroatoms. The first kappa shape index (κ1) is 14.3. The van der Waals surface area contributed by atoms with Crippen molar-refractivity contribution in [3.05, 3.63) is 35.9 Å². The Morgan fingerprint density at radius 1 is 1.50 bits per heavy atom. The van der Waals surface area contributed by atoms with Crippen LogP contribution in [0.5, 0.6) is 5.75 Å². The summed E-state index contributed by atoms with van der Waals surface area (Å²) in [6.45, 7) is 3.51. The third-order valence-corrected chi connectivity index (χ3v) is 2.54. The minimum atomic E-state index is -0.251. The Morgan fingerprint density at radius 2 is 2.17 bits per heavy atom. The summed E-state index contributed by atoms with van der Waals surface area (Å²) in [6.07, 6.45) is 1.50. The van der Waals surface area contributed by atoms with Gasteiger partial charge in [-0.05, 0) is 25.5 Å². The van der Waals surface area contributed by atoms with E-state index in [-0.39, 0.29) is 18.6 Å². The monoisotopic (exact) mass is 249 g/mol. The zero-order valence-electron chi connectivity index (χ0n) is 10.9. The topological polar surface area (TPSA) is 58.6 Å². The summed E-state index contributed by atoms with van der Waals surface area (Å²) in [5.74, 6) is 0.509. The fourth-order valence-corrected chi connectivity index (χ4v) is 1.57. The van der Waals surface area contributed by atoms with Gasteiger partial charge >= 0.3 is 0 Å². The number of carbonyl (C=O) groups is 1. The molecule has 1 aromatic rings. The van der Waals surface area contributed by atoms with Crippen molar-refractivity contribution in [2.24, 2.45) is 0 Å². The van der Waals surface area contributed by atoms with Gasteiger partial charge < -0.3 is 15.2 Å². The third-order valence-electron chi connectivity index (χ3n) is 2.54. The highest BCUT2D eigenvalue weighted by molar-refractivity contribution is 5.95. The number of allylic oxidation sites excluding steroid dienone is 1. The first-order valence-electron chi connectivity index (χ1n) is 5.81. The molecule has 0 aliphatic heterocycles. The number of benzene rings is 1. The lowest BCUT2D eigenvalue weighted by Gasteiger charge is -2.10. The van der Waals surface area contributed by atoms with Crippen LogP contribution < -0.4 is 10.1 Å². The number of hydrogen-bond acceptors (Lipinski definition) is 3. The van der Waals surface area contributed by atoms with Crippen molar-refractivity contribution in [2.45, 2.75) is 19.9 Å². The molecule has 0 aliphatic carbocycles. The lowest BCUT2D eigenvalue weighted by molar-refractivity contribution is -0.117. The van der Waals surface area contributed by atoms with Gasteiger partial charge in [-0.25, -0.2) is 0 Å². The molecule has 0 heterocycles. The van der Waals surface area contributed by atoms with Gasteiger partial charge in [0.25, 0.3) is 0 Å². The number of nitrogens with one attached hydrogen (secondary N) is 1. The number of ether oxygens (including phenoxy) is 1. The summed E-state index contributed by atoms with van der Waals surface area (Å²) < 4.78 is 5.24. The van der Waals surface area contributed by atoms with Crippen LogP contribution in [0.4, 0.5) is 0 Å². The maximum Gasteiger partial charge on any atom is 0.244 e. The molecule has 0 radical (unpaired) electrons. The smallest absolute Gasteiger partial charge is 0.244 e. The molecule has 0 bridgehead atoms. The van der Waals surface area contributed by atoms with Crippen LogP contribution in [0, 0.1) is 0 Å². The molecule has 1 rings (SSSR count). The second kappa shape index (κ2) is 6.81. The molecular formula is C14H19NO3. The van der Waals surface area contributed by atoms with Crippen LogP contribution in [0.25, 0.3) is 5.57 Å². The molecule has 0 fully saturated rings. The van der Waals surface area contributed by atoms with Crippen LogP contribution in [-0.2, 0) is 4.79 Å². The Bertz CT molecular complexity index is 440. The van der Waals surface area contributed by atoms with Gasteiger partial charge in [0, 0.05) is 17.7 Å². The Labute approximate surface area is 107 Å². The summed E-state index contributed by atoms with van der Waals surface area (Å²) in [6, 6.07) is 7.26. The van der Waals surface area contributed by atoms with Gasteiger partial charge in [0.05, 0.1) is 13.7 Å². The van der Waals surface area contributed by atoms with Crippen molar-refractivity contribution in [3.63, 3.8) is 0 Å². The third kappa shape index (κ3) is 3.89. The molecule has 1 unspecified atom stereocenters. The highest BCUT2D eigenvalue weighted by Gasteiger charge is 2.07. The number of aliphatic hydroxyl groups is 1. The van der Waals surface area contributed by atoms with Crippen LogP contribution in [0.15, 0.2) is 30.3 Å². The largest absolute Gasteiger partial charge is 0.496 e. The van der Waals surface area contributed by atoms with Crippen molar-refractivity contribution in [2.75, 3.05) is 13.7 Å². The SMILES string of the molecule is COc1ccccc1/C(C)=C/C(=O)NC(C)CO. The average Bonchev–Trinajstić information content (AvgIpc) is 2.38. The van der Waals surface area contributed by atoms with E-state index in [0.29, 0.717) is 0 Å². The second-order valence-electron chi connectivity index (χ2n) is 4.12. The maximum atomic E-state index is 11.7. The van der Waals surface area contributed by atoms with Crippen molar-refractivity contribution in [3.8, 4) is 5.75 Å². The number of aliphatic hydroxyl groups excluding tert-OH is 1. The van der Waals surface area contributed by atoms with Crippen molar-refractivity contribution in [1.29, 1.82) is 0 Å². The molecular weight excluding hydrogens is 230 g/mol. The maximum absolute atomic E-state index is 11.7. The predicted molar refractivity (Wildman–Crippen MR) is 71.3 cm³/mol. The molecule has 1 atom stereocenters. The summed E-state index contributed by atoms with van der Waals surface area (Å²) in [4.78, 5) is 11.7.